The van der Waals surface area contributed by atoms with Crippen molar-refractivity contribution in [2.45, 2.75) is 6.54 Å². The van der Waals surface area contributed by atoms with Crippen LogP contribution in [-0.2, 0) is 6.54 Å². The van der Waals surface area contributed by atoms with Gasteiger partial charge in [0.2, 0.25) is 0 Å². The Bertz CT molecular complexity index is 602. The minimum atomic E-state index is 0.0266. The quantitative estimate of drug-likeness (QED) is 0.844. The third-order valence-corrected chi connectivity index (χ3v) is 3.33. The average Bonchev–Trinajstić information content (AvgIpc) is 2.81. The van der Waals surface area contributed by atoms with Crippen LogP contribution in [0, 0.1) is 0 Å². The summed E-state index contributed by atoms with van der Waals surface area (Å²) in [6.45, 7) is 0.623. The van der Waals surface area contributed by atoms with Gasteiger partial charge in [0.15, 0.2) is 0 Å². The van der Waals surface area contributed by atoms with E-state index in [9.17, 15) is 4.79 Å². The van der Waals surface area contributed by atoms with Crippen LogP contribution in [0.2, 0.25) is 0 Å². The highest BCUT2D eigenvalue weighted by Crippen LogP contribution is 2.29. The molecule has 18 heavy (non-hydrogen) atoms. The second kappa shape index (κ2) is 4.18. The van der Waals surface area contributed by atoms with Crippen molar-refractivity contribution in [1.82, 2.24) is 5.32 Å². The summed E-state index contributed by atoms with van der Waals surface area (Å²) in [6.07, 6.45) is 0. The van der Waals surface area contributed by atoms with Crippen molar-refractivity contribution >= 4 is 11.6 Å². The van der Waals surface area contributed by atoms with E-state index in [-0.39, 0.29) is 5.91 Å². The molecule has 3 rings (SSSR count). The number of carbonyl (C=O) groups excluding carboxylic acids is 1. The highest BCUT2D eigenvalue weighted by atomic mass is 16.1. The number of carbonyl (C=O) groups is 1. The lowest BCUT2D eigenvalue weighted by Gasteiger charge is -2.08. The van der Waals surface area contributed by atoms with Gasteiger partial charge in [-0.25, -0.2) is 0 Å². The smallest absolute Gasteiger partial charge is 0.251 e. The van der Waals surface area contributed by atoms with Gasteiger partial charge in [-0.1, -0.05) is 24.3 Å². The number of rotatable bonds is 2. The minimum absolute atomic E-state index is 0.0266. The summed E-state index contributed by atoms with van der Waals surface area (Å²) in [5, 5.41) is 5.96. The largest absolute Gasteiger partial charge is 0.388 e. The van der Waals surface area contributed by atoms with Crippen molar-refractivity contribution in [3.05, 3.63) is 53.6 Å². The third-order valence-electron chi connectivity index (χ3n) is 3.33. The Labute approximate surface area is 106 Å². The molecule has 3 nitrogen and oxygen atoms in total. The molecule has 0 fully saturated rings. The number of anilines is 1. The molecule has 3 heteroatoms. The minimum Gasteiger partial charge on any atom is -0.388 e. The van der Waals surface area contributed by atoms with Crippen molar-refractivity contribution in [3.63, 3.8) is 0 Å². The standard InChI is InChI=1S/C15H14N2O/c1-16-11-7-5-10(6-8-11)12-3-2-4-13-14(12)9-17-15(13)18/h2-8,16H,9H2,1H3,(H,17,18). The average molecular weight is 238 g/mol. The Morgan fingerprint density at radius 1 is 1.06 bits per heavy atom. The monoisotopic (exact) mass is 238 g/mol. The molecule has 0 aliphatic carbocycles. The molecular weight excluding hydrogens is 224 g/mol. The van der Waals surface area contributed by atoms with Crippen molar-refractivity contribution < 1.29 is 4.79 Å². The van der Waals surface area contributed by atoms with Crippen LogP contribution in [0.5, 0.6) is 0 Å². The van der Waals surface area contributed by atoms with Crippen molar-refractivity contribution in [1.29, 1.82) is 0 Å². The van der Waals surface area contributed by atoms with Crippen LogP contribution < -0.4 is 10.6 Å². The van der Waals surface area contributed by atoms with Gasteiger partial charge in [0.25, 0.3) is 5.91 Å². The maximum absolute atomic E-state index is 11.6. The van der Waals surface area contributed by atoms with E-state index in [1.807, 2.05) is 31.3 Å². The van der Waals surface area contributed by atoms with Gasteiger partial charge >= 0.3 is 0 Å². The zero-order valence-corrected chi connectivity index (χ0v) is 10.2. The molecule has 0 spiro atoms. The van der Waals surface area contributed by atoms with Gasteiger partial charge in [0, 0.05) is 24.8 Å². The Kier molecular flexibility index (Phi) is 2.52. The maximum atomic E-state index is 11.6. The van der Waals surface area contributed by atoms with E-state index in [2.05, 4.69) is 28.8 Å². The van der Waals surface area contributed by atoms with Crippen LogP contribution >= 0.6 is 0 Å². The lowest BCUT2D eigenvalue weighted by Crippen LogP contribution is -2.12. The number of amides is 1. The van der Waals surface area contributed by atoms with Crippen LogP contribution in [0.25, 0.3) is 11.1 Å². The topological polar surface area (TPSA) is 41.1 Å². The summed E-state index contributed by atoms with van der Waals surface area (Å²) < 4.78 is 0. The van der Waals surface area contributed by atoms with E-state index in [0.29, 0.717) is 6.54 Å². The molecule has 1 heterocycles. The lowest BCUT2D eigenvalue weighted by atomic mass is 9.97. The maximum Gasteiger partial charge on any atom is 0.251 e. The molecule has 0 radical (unpaired) electrons. The number of benzene rings is 2. The fourth-order valence-electron chi connectivity index (χ4n) is 2.34. The summed E-state index contributed by atoms with van der Waals surface area (Å²) in [4.78, 5) is 11.6. The van der Waals surface area contributed by atoms with Gasteiger partial charge in [-0.2, -0.15) is 0 Å². The molecule has 0 saturated heterocycles. The molecule has 1 amide bonds. The van der Waals surface area contributed by atoms with Crippen molar-refractivity contribution in [2.24, 2.45) is 0 Å². The number of hydrogen-bond acceptors (Lipinski definition) is 2. The predicted octanol–water partition coefficient (Wildman–Crippen LogP) is 2.64. The summed E-state index contributed by atoms with van der Waals surface area (Å²) in [5.74, 6) is 0.0266. The van der Waals surface area contributed by atoms with E-state index >= 15 is 0 Å². The van der Waals surface area contributed by atoms with Gasteiger partial charge in [-0.15, -0.1) is 0 Å². The third kappa shape index (κ3) is 1.64. The zero-order chi connectivity index (χ0) is 12.5. The summed E-state index contributed by atoms with van der Waals surface area (Å²) in [5.41, 5.74) is 5.25. The first-order valence-electron chi connectivity index (χ1n) is 5.98. The fourth-order valence-corrected chi connectivity index (χ4v) is 2.34. The van der Waals surface area contributed by atoms with Gasteiger partial charge in [-0.05, 0) is 34.9 Å². The Balaban J connectivity index is 2.09. The molecule has 0 aromatic heterocycles. The first kappa shape index (κ1) is 10.8. The second-order valence-corrected chi connectivity index (χ2v) is 4.34. The molecular formula is C15H14N2O. The Morgan fingerprint density at radius 2 is 1.78 bits per heavy atom. The van der Waals surface area contributed by atoms with Crippen LogP contribution in [0.4, 0.5) is 5.69 Å². The summed E-state index contributed by atoms with van der Waals surface area (Å²) >= 11 is 0. The van der Waals surface area contributed by atoms with E-state index in [1.54, 1.807) is 0 Å². The molecule has 90 valence electrons. The molecule has 2 aromatic rings. The zero-order valence-electron chi connectivity index (χ0n) is 10.2. The molecule has 0 saturated carbocycles. The van der Waals surface area contributed by atoms with E-state index in [1.165, 1.54) is 0 Å². The number of hydrogen-bond donors (Lipinski definition) is 2. The predicted molar refractivity (Wildman–Crippen MR) is 72.6 cm³/mol. The summed E-state index contributed by atoms with van der Waals surface area (Å²) in [6, 6.07) is 14.1. The number of fused-ring (bicyclic) bond motifs is 1. The lowest BCUT2D eigenvalue weighted by molar-refractivity contribution is 0.0966. The van der Waals surface area contributed by atoms with Crippen LogP contribution in [0.1, 0.15) is 15.9 Å². The Morgan fingerprint density at radius 3 is 2.50 bits per heavy atom. The van der Waals surface area contributed by atoms with Gasteiger partial charge in [0.1, 0.15) is 0 Å². The molecule has 0 unspecified atom stereocenters. The van der Waals surface area contributed by atoms with Crippen LogP contribution in [0.3, 0.4) is 0 Å². The van der Waals surface area contributed by atoms with Crippen molar-refractivity contribution in [3.8, 4) is 11.1 Å². The first-order valence-corrected chi connectivity index (χ1v) is 5.98. The van der Waals surface area contributed by atoms with E-state index < -0.39 is 0 Å². The molecule has 1 aliphatic rings. The van der Waals surface area contributed by atoms with Gasteiger partial charge in [0.05, 0.1) is 0 Å². The molecule has 1 aliphatic heterocycles. The van der Waals surface area contributed by atoms with E-state index in [4.69, 9.17) is 0 Å². The molecule has 2 aromatic carbocycles. The normalized spacial score (nSPS) is 13.1. The highest BCUT2D eigenvalue weighted by Gasteiger charge is 2.21. The van der Waals surface area contributed by atoms with Gasteiger partial charge < -0.3 is 10.6 Å². The first-order chi connectivity index (χ1) is 8.79. The molecule has 0 bridgehead atoms. The molecule has 2 N–H and O–H groups in total. The SMILES string of the molecule is CNc1ccc(-c2cccc3c2CNC3=O)cc1. The fraction of sp³-hybridized carbons (Fsp3) is 0.133. The van der Waals surface area contributed by atoms with Crippen LogP contribution in [-0.4, -0.2) is 13.0 Å². The second-order valence-electron chi connectivity index (χ2n) is 4.34. The Hall–Kier alpha value is -2.29. The van der Waals surface area contributed by atoms with Gasteiger partial charge in [-0.3, -0.25) is 4.79 Å². The number of nitrogens with one attached hydrogen (secondary N) is 2. The molecule has 0 atom stereocenters. The van der Waals surface area contributed by atoms with Crippen LogP contribution in [0.15, 0.2) is 42.5 Å². The summed E-state index contributed by atoms with van der Waals surface area (Å²) in [7, 11) is 1.90. The van der Waals surface area contributed by atoms with Crippen molar-refractivity contribution in [2.75, 3.05) is 12.4 Å². The highest BCUT2D eigenvalue weighted by molar-refractivity contribution is 6.00. The van der Waals surface area contributed by atoms with E-state index in [0.717, 1.165) is 27.9 Å².